The Labute approximate surface area is 153 Å². The Morgan fingerprint density at radius 1 is 1.38 bits per heavy atom. The first-order chi connectivity index (χ1) is 12.4. The number of likely N-dealkylation sites (tertiary alicyclic amines) is 1. The fourth-order valence-electron chi connectivity index (χ4n) is 2.90. The molecule has 0 amide bonds. The Balaban J connectivity index is 0.000000209. The number of carboxylic acid groups (broad SMARTS) is 1. The van der Waals surface area contributed by atoms with E-state index in [0.29, 0.717) is 24.2 Å². The highest BCUT2D eigenvalue weighted by Gasteiger charge is 2.17. The van der Waals surface area contributed by atoms with Gasteiger partial charge in [0.05, 0.1) is 0 Å². The van der Waals surface area contributed by atoms with Crippen molar-refractivity contribution in [3.63, 3.8) is 0 Å². The molecule has 7 heteroatoms. The Hall–Kier alpha value is -2.25. The van der Waals surface area contributed by atoms with Gasteiger partial charge in [-0.3, -0.25) is 0 Å². The van der Waals surface area contributed by atoms with Crippen LogP contribution in [0.15, 0.2) is 36.7 Å². The molecule has 1 aliphatic rings. The Bertz CT molecular complexity index is 709. The summed E-state index contributed by atoms with van der Waals surface area (Å²) in [5.74, 6) is -1.49. The minimum Gasteiger partial charge on any atom is -0.475 e. The molecule has 0 bridgehead atoms. The molecule has 3 rings (SSSR count). The van der Waals surface area contributed by atoms with Gasteiger partial charge in [-0.1, -0.05) is 12.1 Å². The third kappa shape index (κ3) is 5.93. The zero-order valence-electron chi connectivity index (χ0n) is 15.3. The van der Waals surface area contributed by atoms with Crippen LogP contribution >= 0.6 is 0 Å². The number of nitrogens with two attached hydrogens (primary N) is 1. The van der Waals surface area contributed by atoms with E-state index in [2.05, 4.69) is 23.7 Å². The van der Waals surface area contributed by atoms with E-state index in [1.54, 1.807) is 18.3 Å². The maximum absolute atomic E-state index is 12.9. The third-order valence-corrected chi connectivity index (χ3v) is 4.45. The summed E-state index contributed by atoms with van der Waals surface area (Å²) in [5, 5.41) is 8.83. The number of halogens is 1. The van der Waals surface area contributed by atoms with Crippen molar-refractivity contribution in [1.29, 1.82) is 0 Å². The van der Waals surface area contributed by atoms with Gasteiger partial charge in [-0.25, -0.2) is 14.2 Å². The second-order valence-electron chi connectivity index (χ2n) is 6.78. The minimum absolute atomic E-state index is 0.0516. The normalized spacial score (nSPS) is 15.6. The number of hydrogen-bond donors (Lipinski definition) is 2. The summed E-state index contributed by atoms with van der Waals surface area (Å²) >= 11 is 0. The number of hydrogen-bond acceptors (Lipinski definition) is 4. The lowest BCUT2D eigenvalue weighted by Gasteiger charge is -2.32. The zero-order valence-corrected chi connectivity index (χ0v) is 15.3. The molecule has 1 fully saturated rings. The van der Waals surface area contributed by atoms with Crippen LogP contribution in [0.2, 0.25) is 0 Å². The molecule has 0 radical (unpaired) electrons. The molecule has 142 valence electrons. The number of rotatable bonds is 4. The van der Waals surface area contributed by atoms with E-state index in [1.807, 2.05) is 0 Å². The van der Waals surface area contributed by atoms with Crippen molar-refractivity contribution in [3.8, 4) is 0 Å². The minimum atomic E-state index is -1.10. The fourth-order valence-corrected chi connectivity index (χ4v) is 2.90. The van der Waals surface area contributed by atoms with Gasteiger partial charge in [-0.05, 0) is 57.5 Å². The quantitative estimate of drug-likeness (QED) is 0.873. The molecule has 0 aliphatic carbocycles. The van der Waals surface area contributed by atoms with Gasteiger partial charge in [0.1, 0.15) is 5.82 Å². The van der Waals surface area contributed by atoms with Crippen LogP contribution in [0, 0.1) is 5.82 Å². The first kappa shape index (κ1) is 20.1. The van der Waals surface area contributed by atoms with Crippen LogP contribution in [-0.2, 0) is 6.54 Å². The summed E-state index contributed by atoms with van der Waals surface area (Å²) in [6.07, 6.45) is 5.31. The summed E-state index contributed by atoms with van der Waals surface area (Å²) in [5.41, 5.74) is 6.47. The second kappa shape index (κ2) is 9.45. The van der Waals surface area contributed by atoms with Gasteiger partial charge in [0.25, 0.3) is 0 Å². The molecular weight excluding hydrogens is 335 g/mol. The molecule has 1 aliphatic heterocycles. The van der Waals surface area contributed by atoms with Crippen molar-refractivity contribution in [2.75, 3.05) is 13.1 Å². The molecule has 1 aromatic heterocycles. The van der Waals surface area contributed by atoms with E-state index in [1.165, 1.54) is 48.8 Å². The van der Waals surface area contributed by atoms with E-state index < -0.39 is 5.97 Å². The highest BCUT2D eigenvalue weighted by Crippen LogP contribution is 2.10. The standard InChI is InChI=1S/C11H9FN2O2.C8H18N2/c12-9-3-1-2-8(6-9)7-14-5-4-13-10(14)11(15)16;1-7(2)10-5-3-8(9)4-6-10/h1-6H,7H2,(H,15,16);7-8H,3-6,9H2,1-2H3. The van der Waals surface area contributed by atoms with Crippen LogP contribution in [0.5, 0.6) is 0 Å². The Morgan fingerprint density at radius 3 is 2.65 bits per heavy atom. The summed E-state index contributed by atoms with van der Waals surface area (Å²) in [7, 11) is 0. The summed E-state index contributed by atoms with van der Waals surface area (Å²) < 4.78 is 14.4. The molecule has 3 N–H and O–H groups in total. The van der Waals surface area contributed by atoms with Gasteiger partial charge in [0.2, 0.25) is 5.82 Å². The van der Waals surface area contributed by atoms with Crippen LogP contribution in [-0.4, -0.2) is 50.7 Å². The van der Waals surface area contributed by atoms with Crippen molar-refractivity contribution < 1.29 is 14.3 Å². The van der Waals surface area contributed by atoms with E-state index in [-0.39, 0.29) is 11.6 Å². The SMILES string of the molecule is CC(C)N1CCC(N)CC1.O=C(O)c1nccn1Cc1cccc(F)c1. The lowest BCUT2D eigenvalue weighted by atomic mass is 10.1. The molecule has 26 heavy (non-hydrogen) atoms. The number of piperidine rings is 1. The predicted octanol–water partition coefficient (Wildman–Crippen LogP) is 2.59. The van der Waals surface area contributed by atoms with Crippen LogP contribution in [0.3, 0.4) is 0 Å². The molecule has 0 atom stereocenters. The number of benzene rings is 1. The maximum Gasteiger partial charge on any atom is 0.372 e. The number of nitrogens with zero attached hydrogens (tertiary/aromatic N) is 3. The van der Waals surface area contributed by atoms with E-state index in [9.17, 15) is 9.18 Å². The van der Waals surface area contributed by atoms with Crippen LogP contribution in [0.25, 0.3) is 0 Å². The van der Waals surface area contributed by atoms with E-state index in [4.69, 9.17) is 10.8 Å². The summed E-state index contributed by atoms with van der Waals surface area (Å²) in [4.78, 5) is 17.0. The first-order valence-corrected chi connectivity index (χ1v) is 8.85. The molecule has 0 spiro atoms. The van der Waals surface area contributed by atoms with Gasteiger partial charge >= 0.3 is 5.97 Å². The van der Waals surface area contributed by atoms with E-state index >= 15 is 0 Å². The molecule has 0 saturated carbocycles. The molecular formula is C19H27FN4O2. The zero-order chi connectivity index (χ0) is 19.1. The smallest absolute Gasteiger partial charge is 0.372 e. The Morgan fingerprint density at radius 2 is 2.08 bits per heavy atom. The van der Waals surface area contributed by atoms with Crippen molar-refractivity contribution in [1.82, 2.24) is 14.5 Å². The van der Waals surface area contributed by atoms with Crippen molar-refractivity contribution in [2.24, 2.45) is 5.73 Å². The van der Waals surface area contributed by atoms with Gasteiger partial charge in [0.15, 0.2) is 0 Å². The first-order valence-electron chi connectivity index (χ1n) is 8.85. The molecule has 2 aromatic rings. The maximum atomic E-state index is 12.9. The fraction of sp³-hybridized carbons (Fsp3) is 0.474. The lowest BCUT2D eigenvalue weighted by molar-refractivity contribution is 0.0679. The van der Waals surface area contributed by atoms with Gasteiger partial charge in [-0.2, -0.15) is 0 Å². The number of aromatic carboxylic acids is 1. The molecule has 1 aromatic carbocycles. The highest BCUT2D eigenvalue weighted by molar-refractivity contribution is 5.83. The van der Waals surface area contributed by atoms with Gasteiger partial charge in [-0.15, -0.1) is 0 Å². The molecule has 1 saturated heterocycles. The summed E-state index contributed by atoms with van der Waals surface area (Å²) in [6.45, 7) is 7.17. The third-order valence-electron chi connectivity index (χ3n) is 4.45. The van der Waals surface area contributed by atoms with Crippen LogP contribution in [0.4, 0.5) is 4.39 Å². The van der Waals surface area contributed by atoms with Crippen molar-refractivity contribution in [3.05, 3.63) is 53.9 Å². The number of carboxylic acids is 1. The van der Waals surface area contributed by atoms with Crippen LogP contribution < -0.4 is 5.73 Å². The van der Waals surface area contributed by atoms with E-state index in [0.717, 1.165) is 0 Å². The lowest BCUT2D eigenvalue weighted by Crippen LogP contribution is -2.42. The summed E-state index contributed by atoms with van der Waals surface area (Å²) in [6, 6.07) is 7.19. The highest BCUT2D eigenvalue weighted by atomic mass is 19.1. The Kier molecular flexibility index (Phi) is 7.29. The molecule has 2 heterocycles. The largest absolute Gasteiger partial charge is 0.475 e. The monoisotopic (exact) mass is 362 g/mol. The second-order valence-corrected chi connectivity index (χ2v) is 6.78. The molecule has 6 nitrogen and oxygen atoms in total. The average molecular weight is 362 g/mol. The predicted molar refractivity (Wildman–Crippen MR) is 98.6 cm³/mol. The number of aromatic nitrogens is 2. The number of carbonyl (C=O) groups is 1. The average Bonchev–Trinajstić information content (AvgIpc) is 3.04. The van der Waals surface area contributed by atoms with Crippen molar-refractivity contribution >= 4 is 5.97 Å². The van der Waals surface area contributed by atoms with Crippen LogP contribution in [0.1, 0.15) is 42.9 Å². The van der Waals surface area contributed by atoms with Crippen molar-refractivity contribution in [2.45, 2.75) is 45.3 Å². The van der Waals surface area contributed by atoms with Gasteiger partial charge in [0, 0.05) is 31.0 Å². The topological polar surface area (TPSA) is 84.4 Å². The molecule has 0 unspecified atom stereocenters. The van der Waals surface area contributed by atoms with Gasteiger partial charge < -0.3 is 20.3 Å². The number of imidazole rings is 1.